The molecule has 2 aromatic carbocycles. The van der Waals surface area contributed by atoms with Gasteiger partial charge in [0.15, 0.2) is 5.82 Å². The second kappa shape index (κ2) is 7.76. The third kappa shape index (κ3) is 4.44. The van der Waals surface area contributed by atoms with Crippen LogP contribution in [0, 0.1) is 13.8 Å². The minimum atomic E-state index is 0.540. The molecule has 0 aliphatic rings. The van der Waals surface area contributed by atoms with Crippen molar-refractivity contribution in [1.29, 1.82) is 0 Å². The van der Waals surface area contributed by atoms with Crippen LogP contribution in [0.1, 0.15) is 29.4 Å². The molecule has 0 aliphatic carbocycles. The van der Waals surface area contributed by atoms with E-state index in [1.165, 1.54) is 11.5 Å². The van der Waals surface area contributed by atoms with Crippen molar-refractivity contribution in [3.63, 3.8) is 0 Å². The van der Waals surface area contributed by atoms with E-state index in [4.69, 9.17) is 16.3 Å². The zero-order valence-electron chi connectivity index (χ0n) is 14.3. The van der Waals surface area contributed by atoms with Crippen LogP contribution < -0.4 is 4.74 Å². The molecule has 0 amide bonds. The van der Waals surface area contributed by atoms with E-state index >= 15 is 0 Å². The Labute approximate surface area is 156 Å². The number of nitrogens with zero attached hydrogens (tertiary/aromatic N) is 3. The maximum atomic E-state index is 5.93. The smallest absolute Gasteiger partial charge is 0.298 e. The maximum absolute atomic E-state index is 5.93. The average Bonchev–Trinajstić information content (AvgIpc) is 3.02. The molecule has 0 spiro atoms. The van der Waals surface area contributed by atoms with E-state index in [-0.39, 0.29) is 0 Å². The second-order valence-corrected chi connectivity index (χ2v) is 6.82. The first-order valence-corrected chi connectivity index (χ1v) is 9.05. The summed E-state index contributed by atoms with van der Waals surface area (Å²) in [4.78, 5) is 8.83. The third-order valence-corrected chi connectivity index (χ3v) is 4.57. The van der Waals surface area contributed by atoms with Crippen molar-refractivity contribution in [1.82, 2.24) is 9.36 Å². The summed E-state index contributed by atoms with van der Waals surface area (Å²) in [6.45, 7) is 5.92. The van der Waals surface area contributed by atoms with Crippen LogP contribution in [0.4, 0.5) is 5.69 Å². The molecule has 0 N–H and O–H groups in total. The van der Waals surface area contributed by atoms with Crippen molar-refractivity contribution in [3.05, 3.63) is 63.9 Å². The fourth-order valence-corrected chi connectivity index (χ4v) is 3.08. The van der Waals surface area contributed by atoms with Crippen LogP contribution in [0.25, 0.3) is 0 Å². The Hall–Kier alpha value is -2.24. The summed E-state index contributed by atoms with van der Waals surface area (Å²) in [6, 6.07) is 11.7. The van der Waals surface area contributed by atoms with Gasteiger partial charge in [-0.3, -0.25) is 4.99 Å². The topological polar surface area (TPSA) is 47.4 Å². The first-order chi connectivity index (χ1) is 12.0. The van der Waals surface area contributed by atoms with Crippen molar-refractivity contribution < 1.29 is 4.74 Å². The number of aromatic nitrogens is 2. The van der Waals surface area contributed by atoms with E-state index < -0.39 is 0 Å². The molecule has 3 rings (SSSR count). The van der Waals surface area contributed by atoms with Crippen LogP contribution in [0.5, 0.6) is 10.9 Å². The van der Waals surface area contributed by atoms with E-state index in [0.29, 0.717) is 11.6 Å². The molecule has 4 nitrogen and oxygen atoms in total. The van der Waals surface area contributed by atoms with E-state index in [1.54, 1.807) is 6.21 Å². The lowest BCUT2D eigenvalue weighted by Gasteiger charge is -2.08. The fourth-order valence-electron chi connectivity index (χ4n) is 2.39. The summed E-state index contributed by atoms with van der Waals surface area (Å²) in [7, 11) is 0. The molecule has 0 saturated heterocycles. The van der Waals surface area contributed by atoms with Gasteiger partial charge in [-0.25, -0.2) is 0 Å². The van der Waals surface area contributed by atoms with E-state index in [2.05, 4.69) is 14.3 Å². The number of hydrogen-bond acceptors (Lipinski definition) is 5. The highest BCUT2D eigenvalue weighted by Gasteiger charge is 2.10. The lowest BCUT2D eigenvalue weighted by atomic mass is 10.1. The van der Waals surface area contributed by atoms with Gasteiger partial charge in [-0.05, 0) is 61.7 Å². The predicted octanol–water partition coefficient (Wildman–Crippen LogP) is 5.91. The lowest BCUT2D eigenvalue weighted by molar-refractivity contribution is 0.473. The molecule has 1 heterocycles. The average molecular weight is 372 g/mol. The predicted molar refractivity (Wildman–Crippen MR) is 104 cm³/mol. The summed E-state index contributed by atoms with van der Waals surface area (Å²) in [6.07, 6.45) is 2.44. The maximum Gasteiger partial charge on any atom is 0.298 e. The highest BCUT2D eigenvalue weighted by Crippen LogP contribution is 2.32. The van der Waals surface area contributed by atoms with Gasteiger partial charge in [0.05, 0.1) is 5.69 Å². The van der Waals surface area contributed by atoms with Crippen molar-refractivity contribution in [2.24, 2.45) is 4.99 Å². The van der Waals surface area contributed by atoms with Crippen LogP contribution in [0.2, 0.25) is 5.02 Å². The summed E-state index contributed by atoms with van der Waals surface area (Å²) in [5.74, 6) is 1.52. The Morgan fingerprint density at radius 1 is 1.16 bits per heavy atom. The molecular weight excluding hydrogens is 354 g/mol. The molecule has 0 aliphatic heterocycles. The number of halogens is 1. The van der Waals surface area contributed by atoms with Gasteiger partial charge in [0.2, 0.25) is 0 Å². The SMILES string of the molecule is CC=Nc1cc(C)c(Oc2nc(Cc3ccc(Cl)cc3)ns2)cc1C. The minimum Gasteiger partial charge on any atom is -0.430 e. The van der Waals surface area contributed by atoms with E-state index in [9.17, 15) is 0 Å². The molecule has 6 heteroatoms. The van der Waals surface area contributed by atoms with Crippen LogP contribution >= 0.6 is 23.1 Å². The molecule has 0 unspecified atom stereocenters. The molecule has 0 radical (unpaired) electrons. The number of rotatable bonds is 5. The molecule has 0 fully saturated rings. The van der Waals surface area contributed by atoms with Gasteiger partial charge in [-0.1, -0.05) is 23.7 Å². The quantitative estimate of drug-likeness (QED) is 0.523. The Kier molecular flexibility index (Phi) is 5.46. The highest BCUT2D eigenvalue weighted by atomic mass is 35.5. The number of aliphatic imine (C=N–C) groups is 1. The molecule has 128 valence electrons. The van der Waals surface area contributed by atoms with Crippen molar-refractivity contribution in [2.45, 2.75) is 27.2 Å². The normalized spacial score (nSPS) is 11.2. The second-order valence-electron chi connectivity index (χ2n) is 5.67. The van der Waals surface area contributed by atoms with Gasteiger partial charge in [0.25, 0.3) is 5.19 Å². The molecule has 3 aromatic rings. The van der Waals surface area contributed by atoms with Crippen molar-refractivity contribution in [3.8, 4) is 10.9 Å². The van der Waals surface area contributed by atoms with Gasteiger partial charge in [-0.2, -0.15) is 9.36 Å². The summed E-state index contributed by atoms with van der Waals surface area (Å²) in [5.41, 5.74) is 4.14. The number of ether oxygens (including phenoxy) is 1. The van der Waals surface area contributed by atoms with Gasteiger partial charge in [0, 0.05) is 29.2 Å². The summed E-state index contributed by atoms with van der Waals surface area (Å²) < 4.78 is 10.3. The van der Waals surface area contributed by atoms with Crippen molar-refractivity contribution in [2.75, 3.05) is 0 Å². The Morgan fingerprint density at radius 2 is 1.92 bits per heavy atom. The lowest BCUT2D eigenvalue weighted by Crippen LogP contribution is -1.92. The Morgan fingerprint density at radius 3 is 2.64 bits per heavy atom. The standard InChI is InChI=1S/C19H18ClN3OS/c1-4-21-16-9-13(3)17(10-12(16)2)24-19-22-18(23-25-19)11-14-5-7-15(20)8-6-14/h4-10H,11H2,1-3H3. The first-order valence-electron chi connectivity index (χ1n) is 7.90. The summed E-state index contributed by atoms with van der Waals surface area (Å²) >= 11 is 7.17. The third-order valence-electron chi connectivity index (χ3n) is 3.68. The zero-order chi connectivity index (χ0) is 17.8. The van der Waals surface area contributed by atoms with Crippen LogP contribution in [0.3, 0.4) is 0 Å². The van der Waals surface area contributed by atoms with E-state index in [0.717, 1.165) is 39.0 Å². The Balaban J connectivity index is 1.75. The van der Waals surface area contributed by atoms with Gasteiger partial charge >= 0.3 is 0 Å². The monoisotopic (exact) mass is 371 g/mol. The molecule has 25 heavy (non-hydrogen) atoms. The number of hydrogen-bond donors (Lipinski definition) is 0. The molecule has 0 bridgehead atoms. The minimum absolute atomic E-state index is 0.540. The van der Waals surface area contributed by atoms with Crippen LogP contribution in [0.15, 0.2) is 41.4 Å². The molecule has 0 atom stereocenters. The summed E-state index contributed by atoms with van der Waals surface area (Å²) in [5, 5.41) is 1.26. The number of benzene rings is 2. The zero-order valence-corrected chi connectivity index (χ0v) is 15.9. The van der Waals surface area contributed by atoms with Gasteiger partial charge in [0.1, 0.15) is 5.75 Å². The van der Waals surface area contributed by atoms with E-state index in [1.807, 2.05) is 57.2 Å². The highest BCUT2D eigenvalue weighted by molar-refractivity contribution is 7.07. The molecule has 0 saturated carbocycles. The van der Waals surface area contributed by atoms with Gasteiger partial charge < -0.3 is 4.74 Å². The first kappa shape index (κ1) is 17.6. The number of aryl methyl sites for hydroxylation is 2. The molecular formula is C19H18ClN3OS. The molecule has 1 aromatic heterocycles. The van der Waals surface area contributed by atoms with Crippen molar-refractivity contribution >= 4 is 35.0 Å². The fraction of sp³-hybridized carbons (Fsp3) is 0.211. The van der Waals surface area contributed by atoms with Crippen LogP contribution in [-0.4, -0.2) is 15.6 Å². The van der Waals surface area contributed by atoms with Gasteiger partial charge in [-0.15, -0.1) is 0 Å². The Bertz CT molecular complexity index is 904. The van der Waals surface area contributed by atoms with Crippen LogP contribution in [-0.2, 0) is 6.42 Å². The largest absolute Gasteiger partial charge is 0.430 e.